The van der Waals surface area contributed by atoms with Crippen molar-refractivity contribution in [1.29, 1.82) is 0 Å². The number of carbonyl (C=O) groups excluding carboxylic acids is 2. The van der Waals surface area contributed by atoms with Crippen LogP contribution >= 0.6 is 0 Å². The molecule has 2 amide bonds. The smallest absolute Gasteiger partial charge is 0.407 e. The van der Waals surface area contributed by atoms with Gasteiger partial charge in [-0.3, -0.25) is 4.79 Å². The van der Waals surface area contributed by atoms with Crippen LogP contribution in [-0.4, -0.2) is 42.3 Å². The number of alkyl carbamates (subject to hydrolysis) is 1. The van der Waals surface area contributed by atoms with Crippen LogP contribution in [0.15, 0.2) is 48.5 Å². The van der Waals surface area contributed by atoms with Gasteiger partial charge in [-0.05, 0) is 46.9 Å². The van der Waals surface area contributed by atoms with E-state index in [4.69, 9.17) is 4.74 Å². The van der Waals surface area contributed by atoms with Crippen molar-refractivity contribution in [1.82, 2.24) is 10.6 Å². The number of hydrogen-bond acceptors (Lipinski definition) is 4. The third-order valence-electron chi connectivity index (χ3n) is 6.43. The van der Waals surface area contributed by atoms with Gasteiger partial charge in [0, 0.05) is 18.4 Å². The van der Waals surface area contributed by atoms with Crippen LogP contribution in [0.25, 0.3) is 11.1 Å². The minimum atomic E-state index is -1.02. The van der Waals surface area contributed by atoms with Gasteiger partial charge in [-0.25, -0.2) is 9.59 Å². The Kier molecular flexibility index (Phi) is 6.67. The van der Waals surface area contributed by atoms with Crippen molar-refractivity contribution < 1.29 is 24.2 Å². The lowest BCUT2D eigenvalue weighted by molar-refractivity contribution is -0.142. The Balaban J connectivity index is 1.24. The number of fused-ring (bicyclic) bond motifs is 3. The highest BCUT2D eigenvalue weighted by Crippen LogP contribution is 2.44. The molecule has 1 saturated carbocycles. The summed E-state index contributed by atoms with van der Waals surface area (Å²) in [4.78, 5) is 36.0. The Hall–Kier alpha value is -3.35. The fraction of sp³-hybridized carbons (Fsp3) is 0.423. The van der Waals surface area contributed by atoms with Crippen LogP contribution in [0.3, 0.4) is 0 Å². The molecular weight excluding hydrogens is 420 g/mol. The molecule has 0 bridgehead atoms. The number of carboxylic acid groups (broad SMARTS) is 1. The quantitative estimate of drug-likeness (QED) is 0.539. The maximum Gasteiger partial charge on any atom is 0.407 e. The van der Waals surface area contributed by atoms with Crippen LogP contribution in [0.1, 0.15) is 43.7 Å². The van der Waals surface area contributed by atoms with Gasteiger partial charge in [-0.1, -0.05) is 62.4 Å². The summed E-state index contributed by atoms with van der Waals surface area (Å²) in [5.41, 5.74) is 4.65. The van der Waals surface area contributed by atoms with Gasteiger partial charge in [-0.2, -0.15) is 0 Å². The summed E-state index contributed by atoms with van der Waals surface area (Å²) in [5.74, 6) is -1.39. The third-order valence-corrected chi connectivity index (χ3v) is 6.43. The molecule has 0 spiro atoms. The predicted molar refractivity (Wildman–Crippen MR) is 124 cm³/mol. The Bertz CT molecular complexity index is 1000. The SMILES string of the molecule is CC(C)C[C@H](NC(=O)[C@H]1C[C@H]1CNC(=O)OCC1c2ccccc2-c2ccccc21)C(=O)O. The molecule has 7 heteroatoms. The minimum absolute atomic E-state index is 0.000947. The third kappa shape index (κ3) is 5.18. The van der Waals surface area contributed by atoms with E-state index in [1.807, 2.05) is 38.1 Å². The largest absolute Gasteiger partial charge is 0.480 e. The first kappa shape index (κ1) is 22.8. The molecule has 0 aromatic heterocycles. The number of carbonyl (C=O) groups is 3. The average Bonchev–Trinajstić information content (AvgIpc) is 3.51. The molecule has 0 radical (unpaired) electrons. The Morgan fingerprint density at radius 2 is 1.64 bits per heavy atom. The molecule has 2 aliphatic rings. The first-order valence-corrected chi connectivity index (χ1v) is 11.5. The second-order valence-electron chi connectivity index (χ2n) is 9.34. The average molecular weight is 451 g/mol. The molecule has 0 aliphatic heterocycles. The number of hydrogen-bond donors (Lipinski definition) is 3. The lowest BCUT2D eigenvalue weighted by Gasteiger charge is -2.16. The predicted octanol–water partition coefficient (Wildman–Crippen LogP) is 3.78. The van der Waals surface area contributed by atoms with Crippen molar-refractivity contribution in [2.75, 3.05) is 13.2 Å². The molecule has 2 aromatic rings. The molecule has 0 unspecified atom stereocenters. The van der Waals surface area contributed by atoms with Gasteiger partial charge in [0.05, 0.1) is 0 Å². The standard InChI is InChI=1S/C26H30N2O5/c1-15(2)11-23(25(30)31)28-24(29)21-12-16(21)13-27-26(32)33-14-22-19-9-5-3-7-17(19)18-8-4-6-10-20(18)22/h3-10,15-16,21-23H,11-14H2,1-2H3,(H,27,32)(H,28,29)(H,30,31)/t16-,21-,23-/m0/s1. The number of ether oxygens (including phenoxy) is 1. The molecule has 174 valence electrons. The van der Waals surface area contributed by atoms with Crippen molar-refractivity contribution in [3.63, 3.8) is 0 Å². The fourth-order valence-corrected chi connectivity index (χ4v) is 4.63. The van der Waals surface area contributed by atoms with Crippen molar-refractivity contribution in [2.45, 2.75) is 38.6 Å². The van der Waals surface area contributed by atoms with Crippen molar-refractivity contribution in [2.24, 2.45) is 17.8 Å². The van der Waals surface area contributed by atoms with Gasteiger partial charge in [-0.15, -0.1) is 0 Å². The van der Waals surface area contributed by atoms with E-state index in [0.29, 0.717) is 19.4 Å². The molecule has 33 heavy (non-hydrogen) atoms. The molecule has 1 fully saturated rings. The summed E-state index contributed by atoms with van der Waals surface area (Å²) >= 11 is 0. The lowest BCUT2D eigenvalue weighted by Crippen LogP contribution is -2.42. The van der Waals surface area contributed by atoms with Crippen LogP contribution in [0.4, 0.5) is 4.79 Å². The van der Waals surface area contributed by atoms with E-state index in [2.05, 4.69) is 34.9 Å². The second kappa shape index (κ2) is 9.65. The Labute approximate surface area is 193 Å². The summed E-state index contributed by atoms with van der Waals surface area (Å²) in [5, 5.41) is 14.7. The molecule has 0 heterocycles. The molecule has 4 rings (SSSR count). The highest BCUT2D eigenvalue weighted by molar-refractivity contribution is 5.86. The number of carboxylic acids is 1. The van der Waals surface area contributed by atoms with Crippen LogP contribution < -0.4 is 10.6 Å². The van der Waals surface area contributed by atoms with E-state index in [0.717, 1.165) is 11.1 Å². The van der Waals surface area contributed by atoms with Crippen molar-refractivity contribution >= 4 is 18.0 Å². The number of benzene rings is 2. The monoisotopic (exact) mass is 450 g/mol. The van der Waals surface area contributed by atoms with E-state index >= 15 is 0 Å². The zero-order valence-corrected chi connectivity index (χ0v) is 18.9. The first-order valence-electron chi connectivity index (χ1n) is 11.5. The molecule has 7 nitrogen and oxygen atoms in total. The molecule has 3 atom stereocenters. The van der Waals surface area contributed by atoms with Crippen LogP contribution in [0.2, 0.25) is 0 Å². The van der Waals surface area contributed by atoms with E-state index in [-0.39, 0.29) is 36.2 Å². The topological polar surface area (TPSA) is 105 Å². The van der Waals surface area contributed by atoms with Crippen molar-refractivity contribution in [3.8, 4) is 11.1 Å². The number of rotatable bonds is 9. The zero-order chi connectivity index (χ0) is 23.5. The number of aliphatic carboxylic acids is 1. The van der Waals surface area contributed by atoms with Gasteiger partial charge in [0.2, 0.25) is 5.91 Å². The molecule has 0 saturated heterocycles. The lowest BCUT2D eigenvalue weighted by atomic mass is 9.98. The first-order chi connectivity index (χ1) is 15.8. The van der Waals surface area contributed by atoms with E-state index in [9.17, 15) is 19.5 Å². The van der Waals surface area contributed by atoms with Crippen LogP contribution in [-0.2, 0) is 14.3 Å². The van der Waals surface area contributed by atoms with Crippen molar-refractivity contribution in [3.05, 3.63) is 59.7 Å². The zero-order valence-electron chi connectivity index (χ0n) is 18.9. The van der Waals surface area contributed by atoms with Gasteiger partial charge in [0.25, 0.3) is 0 Å². The maximum atomic E-state index is 12.4. The van der Waals surface area contributed by atoms with Gasteiger partial charge >= 0.3 is 12.1 Å². The minimum Gasteiger partial charge on any atom is -0.480 e. The maximum absolute atomic E-state index is 12.4. The van der Waals surface area contributed by atoms with Gasteiger partial charge in [0.15, 0.2) is 0 Å². The Morgan fingerprint density at radius 1 is 1.03 bits per heavy atom. The van der Waals surface area contributed by atoms with Crippen LogP contribution in [0, 0.1) is 17.8 Å². The number of nitrogens with one attached hydrogen (secondary N) is 2. The number of amides is 2. The van der Waals surface area contributed by atoms with Crippen LogP contribution in [0.5, 0.6) is 0 Å². The van der Waals surface area contributed by atoms with Gasteiger partial charge in [0.1, 0.15) is 12.6 Å². The molecule has 2 aromatic carbocycles. The summed E-state index contributed by atoms with van der Waals surface area (Å²) in [7, 11) is 0. The highest BCUT2D eigenvalue weighted by Gasteiger charge is 2.44. The fourth-order valence-electron chi connectivity index (χ4n) is 4.63. The normalized spacial score (nSPS) is 19.4. The second-order valence-corrected chi connectivity index (χ2v) is 9.34. The summed E-state index contributed by atoms with van der Waals surface area (Å²) in [6.45, 7) is 4.40. The van der Waals surface area contributed by atoms with E-state index < -0.39 is 18.1 Å². The van der Waals surface area contributed by atoms with E-state index in [1.54, 1.807) is 0 Å². The molecular formula is C26H30N2O5. The molecule has 3 N–H and O–H groups in total. The van der Waals surface area contributed by atoms with Gasteiger partial charge < -0.3 is 20.5 Å². The highest BCUT2D eigenvalue weighted by atomic mass is 16.5. The van der Waals surface area contributed by atoms with E-state index in [1.165, 1.54) is 11.1 Å². The summed E-state index contributed by atoms with van der Waals surface area (Å²) in [6.07, 6.45) is 0.506. The summed E-state index contributed by atoms with van der Waals surface area (Å²) in [6, 6.07) is 15.4. The summed E-state index contributed by atoms with van der Waals surface area (Å²) < 4.78 is 5.53. The Morgan fingerprint density at radius 3 is 2.21 bits per heavy atom. The molecule has 2 aliphatic carbocycles.